The maximum Gasteiger partial charge on any atom is 0.339 e. The van der Waals surface area contributed by atoms with Crippen LogP contribution in [0.25, 0.3) is 0 Å². The third kappa shape index (κ3) is 3.74. The van der Waals surface area contributed by atoms with E-state index in [0.29, 0.717) is 36.2 Å². The third-order valence-corrected chi connectivity index (χ3v) is 5.41. The Bertz CT molecular complexity index is 768. The number of rotatable bonds is 6. The first-order chi connectivity index (χ1) is 13.2. The molecule has 4 atom stereocenters. The average molecular weight is 364 g/mol. The van der Waals surface area contributed by atoms with Crippen molar-refractivity contribution in [3.8, 4) is 0 Å². The van der Waals surface area contributed by atoms with Crippen LogP contribution < -0.4 is 0 Å². The normalized spacial score (nSPS) is 25.3. The molecule has 0 spiro atoms. The summed E-state index contributed by atoms with van der Waals surface area (Å²) in [5, 5.41) is 0. The van der Waals surface area contributed by atoms with Gasteiger partial charge in [-0.05, 0) is 42.5 Å². The molecular formula is C21H20N2O4. The summed E-state index contributed by atoms with van der Waals surface area (Å²) in [6, 6.07) is 6.78. The summed E-state index contributed by atoms with van der Waals surface area (Å²) in [5.41, 5.74) is 0.881. The minimum atomic E-state index is -0.374. The van der Waals surface area contributed by atoms with Crippen LogP contribution in [0.1, 0.15) is 27.1 Å². The summed E-state index contributed by atoms with van der Waals surface area (Å²) in [6.45, 7) is 0.628. The van der Waals surface area contributed by atoms with Gasteiger partial charge in [-0.1, -0.05) is 12.2 Å². The van der Waals surface area contributed by atoms with E-state index in [2.05, 4.69) is 22.1 Å². The molecule has 27 heavy (non-hydrogen) atoms. The summed E-state index contributed by atoms with van der Waals surface area (Å²) in [5.74, 6) is 0.282. The number of nitrogens with zero attached hydrogens (tertiary/aromatic N) is 2. The Morgan fingerprint density at radius 3 is 1.74 bits per heavy atom. The van der Waals surface area contributed by atoms with Crippen molar-refractivity contribution in [2.45, 2.75) is 6.42 Å². The molecule has 0 radical (unpaired) electrons. The first-order valence-electron chi connectivity index (χ1n) is 9.05. The number of carbonyl (C=O) groups excluding carboxylic acids is 2. The van der Waals surface area contributed by atoms with Crippen LogP contribution in [-0.2, 0) is 9.47 Å². The number of aromatic nitrogens is 2. The molecule has 2 heterocycles. The van der Waals surface area contributed by atoms with E-state index in [0.717, 1.165) is 6.42 Å². The number of pyridine rings is 2. The van der Waals surface area contributed by atoms with Crippen molar-refractivity contribution in [1.82, 2.24) is 9.97 Å². The lowest BCUT2D eigenvalue weighted by Gasteiger charge is -2.27. The second-order valence-corrected chi connectivity index (χ2v) is 6.96. The van der Waals surface area contributed by atoms with Crippen LogP contribution in [0.2, 0.25) is 0 Å². The molecule has 2 bridgehead atoms. The fraction of sp³-hybridized carbons (Fsp3) is 0.333. The van der Waals surface area contributed by atoms with Gasteiger partial charge in [0.25, 0.3) is 0 Å². The Kier molecular flexibility index (Phi) is 4.96. The summed E-state index contributed by atoms with van der Waals surface area (Å²) in [7, 11) is 0. The summed E-state index contributed by atoms with van der Waals surface area (Å²) >= 11 is 0. The molecule has 0 aliphatic heterocycles. The molecule has 2 aromatic rings. The van der Waals surface area contributed by atoms with Gasteiger partial charge in [-0.25, -0.2) is 9.59 Å². The Labute approximate surface area is 157 Å². The average Bonchev–Trinajstić information content (AvgIpc) is 3.33. The van der Waals surface area contributed by atoms with E-state index in [1.165, 1.54) is 12.4 Å². The zero-order valence-electron chi connectivity index (χ0n) is 14.7. The van der Waals surface area contributed by atoms with E-state index in [1.54, 1.807) is 36.7 Å². The van der Waals surface area contributed by atoms with E-state index in [1.807, 2.05) is 0 Å². The van der Waals surface area contributed by atoms with Crippen molar-refractivity contribution in [2.24, 2.45) is 23.7 Å². The predicted octanol–water partition coefficient (Wildman–Crippen LogP) is 2.93. The van der Waals surface area contributed by atoms with Gasteiger partial charge in [0.15, 0.2) is 0 Å². The van der Waals surface area contributed by atoms with Crippen LogP contribution in [0.3, 0.4) is 0 Å². The lowest BCUT2D eigenvalue weighted by Crippen LogP contribution is -2.30. The number of ether oxygens (including phenoxy) is 2. The Balaban J connectivity index is 1.36. The van der Waals surface area contributed by atoms with Crippen molar-refractivity contribution >= 4 is 11.9 Å². The predicted molar refractivity (Wildman–Crippen MR) is 96.8 cm³/mol. The summed E-state index contributed by atoms with van der Waals surface area (Å²) in [6.07, 6.45) is 11.6. The van der Waals surface area contributed by atoms with Gasteiger partial charge in [0.2, 0.25) is 0 Å². The van der Waals surface area contributed by atoms with E-state index in [9.17, 15) is 9.59 Å². The van der Waals surface area contributed by atoms with Crippen LogP contribution in [0.15, 0.2) is 61.2 Å². The van der Waals surface area contributed by atoms with Gasteiger partial charge >= 0.3 is 11.9 Å². The number of carbonyl (C=O) groups is 2. The second kappa shape index (κ2) is 7.70. The number of hydrogen-bond donors (Lipinski definition) is 0. The highest BCUT2D eigenvalue weighted by Gasteiger charge is 2.45. The molecule has 0 aromatic carbocycles. The molecular weight excluding hydrogens is 344 g/mol. The van der Waals surface area contributed by atoms with E-state index in [4.69, 9.17) is 9.47 Å². The van der Waals surface area contributed by atoms with Gasteiger partial charge in [-0.2, -0.15) is 0 Å². The standard InChI is InChI=1S/C21H20N2O4/c24-20(16-3-1-7-22-10-16)26-12-18-14-5-6-15(9-14)19(18)13-27-21(25)17-4-2-8-23-11-17/h1-8,10-11,14-15,18-19H,9,12-13H2. The highest BCUT2D eigenvalue weighted by molar-refractivity contribution is 5.89. The highest BCUT2D eigenvalue weighted by Crippen LogP contribution is 2.48. The monoisotopic (exact) mass is 364 g/mol. The third-order valence-electron chi connectivity index (χ3n) is 5.41. The SMILES string of the molecule is O=C(OCC1C2C=CC(C2)C1COC(=O)c1cccnc1)c1cccnc1. The topological polar surface area (TPSA) is 78.4 Å². The Hall–Kier alpha value is -3.02. The molecule has 0 saturated heterocycles. The Morgan fingerprint density at radius 2 is 1.33 bits per heavy atom. The first-order valence-corrected chi connectivity index (χ1v) is 9.05. The largest absolute Gasteiger partial charge is 0.462 e. The van der Waals surface area contributed by atoms with Gasteiger partial charge in [0, 0.05) is 36.6 Å². The van der Waals surface area contributed by atoms with E-state index < -0.39 is 0 Å². The van der Waals surface area contributed by atoms with Crippen LogP contribution in [-0.4, -0.2) is 35.1 Å². The number of allylic oxidation sites excluding steroid dienone is 2. The lowest BCUT2D eigenvalue weighted by atomic mass is 9.84. The highest BCUT2D eigenvalue weighted by atomic mass is 16.5. The van der Waals surface area contributed by atoms with Crippen LogP contribution in [0.5, 0.6) is 0 Å². The molecule has 0 amide bonds. The molecule has 2 aromatic heterocycles. The lowest BCUT2D eigenvalue weighted by molar-refractivity contribution is 0.0203. The molecule has 2 aliphatic carbocycles. The maximum absolute atomic E-state index is 12.2. The van der Waals surface area contributed by atoms with Crippen LogP contribution in [0, 0.1) is 23.7 Å². The zero-order valence-corrected chi connectivity index (χ0v) is 14.7. The quantitative estimate of drug-likeness (QED) is 0.579. The van der Waals surface area contributed by atoms with Gasteiger partial charge < -0.3 is 9.47 Å². The van der Waals surface area contributed by atoms with E-state index >= 15 is 0 Å². The molecule has 4 rings (SSSR count). The molecule has 4 unspecified atom stereocenters. The fourth-order valence-corrected chi connectivity index (χ4v) is 4.00. The minimum Gasteiger partial charge on any atom is -0.462 e. The second-order valence-electron chi connectivity index (χ2n) is 6.96. The van der Waals surface area contributed by atoms with Crippen molar-refractivity contribution in [3.05, 3.63) is 72.3 Å². The smallest absolute Gasteiger partial charge is 0.339 e. The van der Waals surface area contributed by atoms with Gasteiger partial charge in [-0.15, -0.1) is 0 Å². The van der Waals surface area contributed by atoms with Crippen LogP contribution in [0.4, 0.5) is 0 Å². The van der Waals surface area contributed by atoms with Crippen molar-refractivity contribution < 1.29 is 19.1 Å². The van der Waals surface area contributed by atoms with Crippen molar-refractivity contribution in [3.63, 3.8) is 0 Å². The molecule has 6 nitrogen and oxygen atoms in total. The minimum absolute atomic E-state index is 0.155. The fourth-order valence-electron chi connectivity index (χ4n) is 4.00. The van der Waals surface area contributed by atoms with Crippen LogP contribution >= 0.6 is 0 Å². The number of esters is 2. The molecule has 138 valence electrons. The number of fused-ring (bicyclic) bond motifs is 2. The molecule has 1 fully saturated rings. The zero-order chi connectivity index (χ0) is 18.6. The molecule has 2 aliphatic rings. The van der Waals surface area contributed by atoms with Gasteiger partial charge in [0.1, 0.15) is 0 Å². The molecule has 6 heteroatoms. The summed E-state index contributed by atoms with van der Waals surface area (Å²) in [4.78, 5) is 32.3. The van der Waals surface area contributed by atoms with Gasteiger partial charge in [0.05, 0.1) is 24.3 Å². The number of hydrogen-bond acceptors (Lipinski definition) is 6. The summed E-state index contributed by atoms with van der Waals surface area (Å²) < 4.78 is 11.0. The van der Waals surface area contributed by atoms with Gasteiger partial charge in [-0.3, -0.25) is 9.97 Å². The van der Waals surface area contributed by atoms with Crippen molar-refractivity contribution in [2.75, 3.05) is 13.2 Å². The maximum atomic E-state index is 12.2. The Morgan fingerprint density at radius 1 is 0.852 bits per heavy atom. The molecule has 0 N–H and O–H groups in total. The van der Waals surface area contributed by atoms with Crippen molar-refractivity contribution in [1.29, 1.82) is 0 Å². The first kappa shape index (κ1) is 17.4. The van der Waals surface area contributed by atoms with E-state index in [-0.39, 0.29) is 23.8 Å². The molecule has 1 saturated carbocycles.